The molecule has 0 aliphatic heterocycles. The fourth-order valence-electron chi connectivity index (χ4n) is 2.36. The molecule has 1 fully saturated rings. The van der Waals surface area contributed by atoms with Crippen LogP contribution in [0, 0.1) is 0 Å². The highest BCUT2D eigenvalue weighted by molar-refractivity contribution is 7.11. The molecule has 0 bridgehead atoms. The molecule has 108 valence electrons. The molecule has 0 saturated heterocycles. The van der Waals surface area contributed by atoms with Crippen molar-refractivity contribution in [1.82, 2.24) is 10.3 Å². The molecule has 1 aliphatic carbocycles. The van der Waals surface area contributed by atoms with E-state index in [0.29, 0.717) is 22.6 Å². The van der Waals surface area contributed by atoms with Crippen LogP contribution in [0.3, 0.4) is 0 Å². The van der Waals surface area contributed by atoms with Crippen LogP contribution in [0.4, 0.5) is 13.2 Å². The quantitative estimate of drug-likeness (QED) is 0.904. The summed E-state index contributed by atoms with van der Waals surface area (Å²) in [7, 11) is 3.42. The maximum Gasteiger partial charge on any atom is 0.443 e. The number of hydrogen-bond donors (Lipinski definition) is 1. The van der Waals surface area contributed by atoms with Crippen LogP contribution >= 0.6 is 11.3 Å². The first kappa shape index (κ1) is 14.7. The Morgan fingerprint density at radius 3 is 2.58 bits per heavy atom. The molecule has 0 amide bonds. The first-order valence-electron chi connectivity index (χ1n) is 6.15. The Balaban J connectivity index is 2.11. The van der Waals surface area contributed by atoms with Crippen LogP contribution < -0.4 is 5.32 Å². The predicted octanol–water partition coefficient (Wildman–Crippen LogP) is 3.38. The predicted molar refractivity (Wildman–Crippen MR) is 67.1 cm³/mol. The molecule has 1 atom stereocenters. The molecular formula is C12H17F3N2OS. The van der Waals surface area contributed by atoms with E-state index < -0.39 is 11.2 Å². The van der Waals surface area contributed by atoms with Crippen LogP contribution in [0.1, 0.15) is 41.6 Å². The number of methoxy groups -OCH3 is 1. The topological polar surface area (TPSA) is 34.1 Å². The van der Waals surface area contributed by atoms with Crippen LogP contribution in [0.25, 0.3) is 0 Å². The van der Waals surface area contributed by atoms with E-state index in [9.17, 15) is 13.2 Å². The Labute approximate surface area is 114 Å². The Morgan fingerprint density at radius 1 is 1.53 bits per heavy atom. The molecule has 7 heteroatoms. The molecule has 1 heterocycles. The zero-order chi connectivity index (χ0) is 14.1. The van der Waals surface area contributed by atoms with Gasteiger partial charge in [0.1, 0.15) is 0 Å². The van der Waals surface area contributed by atoms with E-state index >= 15 is 0 Å². The number of nitrogens with one attached hydrogen (secondary N) is 1. The van der Waals surface area contributed by atoms with Crippen molar-refractivity contribution < 1.29 is 17.9 Å². The Morgan fingerprint density at radius 2 is 2.21 bits per heavy atom. The van der Waals surface area contributed by atoms with Gasteiger partial charge in [-0.3, -0.25) is 0 Å². The van der Waals surface area contributed by atoms with E-state index in [0.717, 1.165) is 19.3 Å². The molecule has 1 aliphatic rings. The summed E-state index contributed by atoms with van der Waals surface area (Å²) in [5, 5.41) is 2.28. The van der Waals surface area contributed by atoms with Crippen molar-refractivity contribution >= 4 is 11.3 Å². The highest BCUT2D eigenvalue weighted by atomic mass is 32.1. The Kier molecular flexibility index (Phi) is 4.17. The summed E-state index contributed by atoms with van der Waals surface area (Å²) < 4.78 is 43.2. The number of hydrogen-bond acceptors (Lipinski definition) is 4. The number of nitrogens with zero attached hydrogens (tertiary/aromatic N) is 1. The summed E-state index contributed by atoms with van der Waals surface area (Å²) in [4.78, 5) is 4.08. The summed E-state index contributed by atoms with van der Waals surface area (Å²) >= 11 is 0.704. The van der Waals surface area contributed by atoms with E-state index in [-0.39, 0.29) is 11.6 Å². The Bertz CT molecular complexity index is 423. The number of alkyl halides is 3. The lowest BCUT2D eigenvalue weighted by molar-refractivity contribution is -0.137. The van der Waals surface area contributed by atoms with Gasteiger partial charge in [0.05, 0.1) is 5.60 Å². The summed E-state index contributed by atoms with van der Waals surface area (Å²) in [6.07, 6.45) is 0.673. The van der Waals surface area contributed by atoms with Crippen LogP contribution in [-0.4, -0.2) is 24.7 Å². The minimum atomic E-state index is -4.36. The third-order valence-corrected chi connectivity index (χ3v) is 4.89. The highest BCUT2D eigenvalue weighted by Gasteiger charge is 2.40. The van der Waals surface area contributed by atoms with Crippen molar-refractivity contribution in [3.8, 4) is 0 Å². The van der Waals surface area contributed by atoms with Gasteiger partial charge in [0.15, 0.2) is 5.01 Å². The van der Waals surface area contributed by atoms with E-state index in [1.165, 1.54) is 6.20 Å². The van der Waals surface area contributed by atoms with Gasteiger partial charge in [-0.25, -0.2) is 4.98 Å². The lowest BCUT2D eigenvalue weighted by Crippen LogP contribution is -2.42. The highest BCUT2D eigenvalue weighted by Crippen LogP contribution is 2.43. The SMILES string of the molecule is CNC(CC1(OC)CCC1)c1cnc(C(F)(F)F)s1. The van der Waals surface area contributed by atoms with E-state index in [1.54, 1.807) is 14.2 Å². The molecule has 0 spiro atoms. The van der Waals surface area contributed by atoms with Gasteiger partial charge < -0.3 is 10.1 Å². The van der Waals surface area contributed by atoms with Crippen molar-refractivity contribution in [1.29, 1.82) is 0 Å². The van der Waals surface area contributed by atoms with Gasteiger partial charge in [-0.15, -0.1) is 11.3 Å². The zero-order valence-corrected chi connectivity index (χ0v) is 11.7. The summed E-state index contributed by atoms with van der Waals surface area (Å²) in [6.45, 7) is 0. The first-order chi connectivity index (χ1) is 8.90. The van der Waals surface area contributed by atoms with Crippen molar-refractivity contribution in [2.45, 2.75) is 43.5 Å². The molecule has 1 saturated carbocycles. The van der Waals surface area contributed by atoms with Crippen LogP contribution in [0.15, 0.2) is 6.20 Å². The second kappa shape index (κ2) is 5.38. The number of ether oxygens (including phenoxy) is 1. The molecule has 1 N–H and O–H groups in total. The molecule has 3 nitrogen and oxygen atoms in total. The van der Waals surface area contributed by atoms with Crippen LogP contribution in [0.5, 0.6) is 0 Å². The first-order valence-corrected chi connectivity index (χ1v) is 6.97. The second-order valence-corrected chi connectivity index (χ2v) is 5.91. The number of halogens is 3. The second-order valence-electron chi connectivity index (χ2n) is 4.85. The van der Waals surface area contributed by atoms with Gasteiger partial charge in [-0.1, -0.05) is 0 Å². The normalized spacial score (nSPS) is 20.1. The lowest BCUT2D eigenvalue weighted by Gasteiger charge is -2.42. The fraction of sp³-hybridized carbons (Fsp3) is 0.750. The van der Waals surface area contributed by atoms with Crippen molar-refractivity contribution in [3.63, 3.8) is 0 Å². The van der Waals surface area contributed by atoms with Gasteiger partial charge >= 0.3 is 6.18 Å². The van der Waals surface area contributed by atoms with Crippen LogP contribution in [0.2, 0.25) is 0 Å². The van der Waals surface area contributed by atoms with Gasteiger partial charge in [-0.2, -0.15) is 13.2 Å². The summed E-state index contributed by atoms with van der Waals surface area (Å²) in [5.41, 5.74) is -0.184. The van der Waals surface area contributed by atoms with Crippen molar-refractivity contribution in [3.05, 3.63) is 16.1 Å². The monoisotopic (exact) mass is 294 g/mol. The van der Waals surface area contributed by atoms with Crippen molar-refractivity contribution in [2.75, 3.05) is 14.2 Å². The largest absolute Gasteiger partial charge is 0.443 e. The zero-order valence-electron chi connectivity index (χ0n) is 10.9. The van der Waals surface area contributed by atoms with Gasteiger partial charge in [0.25, 0.3) is 0 Å². The number of rotatable bonds is 5. The third-order valence-electron chi connectivity index (χ3n) is 3.73. The molecular weight excluding hydrogens is 277 g/mol. The van der Waals surface area contributed by atoms with Gasteiger partial charge in [0.2, 0.25) is 0 Å². The molecule has 19 heavy (non-hydrogen) atoms. The molecule has 1 aromatic heterocycles. The lowest BCUT2D eigenvalue weighted by atomic mass is 9.75. The van der Waals surface area contributed by atoms with E-state index in [2.05, 4.69) is 10.3 Å². The fourth-order valence-corrected chi connectivity index (χ4v) is 3.25. The summed E-state index contributed by atoms with van der Waals surface area (Å²) in [5.74, 6) is 0. The molecule has 1 aromatic rings. The molecule has 0 radical (unpaired) electrons. The maximum atomic E-state index is 12.6. The average Bonchev–Trinajstić information content (AvgIpc) is 2.78. The Hall–Kier alpha value is -0.660. The van der Waals surface area contributed by atoms with Gasteiger partial charge in [0, 0.05) is 24.2 Å². The van der Waals surface area contributed by atoms with Crippen LogP contribution in [-0.2, 0) is 10.9 Å². The standard InChI is InChI=1S/C12H17F3N2OS/c1-16-8(6-11(18-2)4-3-5-11)9-7-17-10(19-9)12(13,14)15/h7-8,16H,3-6H2,1-2H3. The third kappa shape index (κ3) is 3.09. The van der Waals surface area contributed by atoms with E-state index in [1.807, 2.05) is 0 Å². The van der Waals surface area contributed by atoms with E-state index in [4.69, 9.17) is 4.74 Å². The minimum absolute atomic E-state index is 0.145. The smallest absolute Gasteiger partial charge is 0.378 e. The number of aromatic nitrogens is 1. The molecule has 2 rings (SSSR count). The number of thiazole rings is 1. The minimum Gasteiger partial charge on any atom is -0.378 e. The maximum absolute atomic E-state index is 12.6. The average molecular weight is 294 g/mol. The van der Waals surface area contributed by atoms with Gasteiger partial charge in [-0.05, 0) is 32.7 Å². The summed E-state index contributed by atoms with van der Waals surface area (Å²) in [6, 6.07) is -0.145. The molecule has 0 aromatic carbocycles. The molecule has 1 unspecified atom stereocenters. The van der Waals surface area contributed by atoms with Crippen molar-refractivity contribution in [2.24, 2.45) is 0 Å².